The van der Waals surface area contributed by atoms with E-state index in [4.69, 9.17) is 11.1 Å². The summed E-state index contributed by atoms with van der Waals surface area (Å²) in [6.45, 7) is 7.09. The summed E-state index contributed by atoms with van der Waals surface area (Å²) in [5, 5.41) is 10.4. The molecule has 2 aliphatic rings. The molecule has 0 bridgehead atoms. The highest BCUT2D eigenvalue weighted by Crippen LogP contribution is 2.21. The molecule has 13 heteroatoms. The van der Waals surface area contributed by atoms with E-state index in [1.165, 1.54) is 4.90 Å². The van der Waals surface area contributed by atoms with Crippen molar-refractivity contribution in [1.29, 1.82) is 5.41 Å². The molecule has 4 rings (SSSR count). The number of nitrogens with zero attached hydrogens (tertiary/aromatic N) is 3. The molecule has 0 aromatic heterocycles. The fourth-order valence-electron chi connectivity index (χ4n) is 5.64. The van der Waals surface area contributed by atoms with Crippen molar-refractivity contribution in [3.8, 4) is 0 Å². The summed E-state index contributed by atoms with van der Waals surface area (Å²) in [6.07, 6.45) is 0.670. The van der Waals surface area contributed by atoms with Gasteiger partial charge in [-0.3, -0.25) is 24.7 Å². The van der Waals surface area contributed by atoms with Crippen molar-refractivity contribution in [2.24, 2.45) is 5.73 Å². The van der Waals surface area contributed by atoms with Gasteiger partial charge in [-0.25, -0.2) is 13.1 Å². The van der Waals surface area contributed by atoms with Gasteiger partial charge in [-0.05, 0) is 37.8 Å². The highest BCUT2D eigenvalue weighted by molar-refractivity contribution is 7.88. The molecule has 0 radical (unpaired) electrons. The van der Waals surface area contributed by atoms with Crippen LogP contribution in [0.3, 0.4) is 0 Å². The van der Waals surface area contributed by atoms with Crippen molar-refractivity contribution in [3.05, 3.63) is 71.3 Å². The number of hydrogen-bond donors (Lipinski definition) is 4. The van der Waals surface area contributed by atoms with E-state index in [9.17, 15) is 22.8 Å². The molecule has 12 nitrogen and oxygen atoms in total. The number of benzene rings is 2. The molecule has 0 spiro atoms. The molecule has 2 heterocycles. The predicted octanol–water partition coefficient (Wildman–Crippen LogP) is 1.01. The van der Waals surface area contributed by atoms with Crippen LogP contribution in [0.2, 0.25) is 0 Å². The number of sulfonamides is 1. The minimum absolute atomic E-state index is 0.0501. The van der Waals surface area contributed by atoms with Crippen LogP contribution in [0.4, 0.5) is 0 Å². The van der Waals surface area contributed by atoms with Gasteiger partial charge in [0.15, 0.2) is 0 Å². The molecule has 2 aromatic rings. The van der Waals surface area contributed by atoms with Crippen molar-refractivity contribution < 1.29 is 22.8 Å². The van der Waals surface area contributed by atoms with Gasteiger partial charge >= 0.3 is 0 Å². The van der Waals surface area contributed by atoms with Gasteiger partial charge in [-0.1, -0.05) is 54.6 Å². The van der Waals surface area contributed by atoms with Crippen LogP contribution in [0.1, 0.15) is 49.8 Å². The van der Waals surface area contributed by atoms with E-state index in [0.717, 1.165) is 5.56 Å². The van der Waals surface area contributed by atoms with Crippen LogP contribution in [-0.2, 0) is 36.7 Å². The summed E-state index contributed by atoms with van der Waals surface area (Å²) in [6, 6.07) is 13.8. The van der Waals surface area contributed by atoms with E-state index in [1.54, 1.807) is 59.5 Å². The number of nitrogens with two attached hydrogens (primary N) is 1. The quantitative estimate of drug-likeness (QED) is 0.202. The zero-order valence-electron chi connectivity index (χ0n) is 25.4. The number of likely N-dealkylation sites (tertiary alicyclic amines) is 1. The fraction of sp³-hybridized carbons (Fsp3) is 0.484. The smallest absolute Gasteiger partial charge is 0.243 e. The molecule has 0 aliphatic carbocycles. The van der Waals surface area contributed by atoms with E-state index in [-0.39, 0.29) is 42.9 Å². The monoisotopic (exact) mass is 625 g/mol. The van der Waals surface area contributed by atoms with Gasteiger partial charge in [0, 0.05) is 50.9 Å². The van der Waals surface area contributed by atoms with Crippen LogP contribution in [0.25, 0.3) is 0 Å². The standard InChI is InChI=1S/C31H43N7O5S/c1-22(2)36-15-17-37(18-16-36)28(39)19-26(35-44(42,43)21-24-7-4-3-5-8-24)31(41)38-14-6-9-27(38)30(40)34-20-23-10-12-25(13-11-23)29(32)33/h3-5,7-8,10-13,22,26-27,35H,6,9,14-21H2,1-2H3,(H3,32,33)(H,34,40)/t26-,27+/m1/s1. The molecule has 0 unspecified atom stereocenters. The highest BCUT2D eigenvalue weighted by Gasteiger charge is 2.40. The van der Waals surface area contributed by atoms with Crippen molar-refractivity contribution in [2.45, 2.75) is 63.5 Å². The number of piperazine rings is 1. The van der Waals surface area contributed by atoms with Gasteiger partial charge in [0.25, 0.3) is 0 Å². The number of amides is 3. The second kappa shape index (κ2) is 14.8. The van der Waals surface area contributed by atoms with Gasteiger partial charge in [-0.15, -0.1) is 0 Å². The third-order valence-electron chi connectivity index (χ3n) is 8.17. The first-order valence-electron chi connectivity index (χ1n) is 15.0. The minimum atomic E-state index is -4.00. The zero-order valence-corrected chi connectivity index (χ0v) is 26.2. The van der Waals surface area contributed by atoms with Gasteiger partial charge in [0.2, 0.25) is 27.7 Å². The van der Waals surface area contributed by atoms with Crippen LogP contribution in [-0.4, -0.2) is 97.5 Å². The van der Waals surface area contributed by atoms with Gasteiger partial charge in [0.1, 0.15) is 17.9 Å². The lowest BCUT2D eigenvalue weighted by Gasteiger charge is -2.37. The third-order valence-corrected chi connectivity index (χ3v) is 9.52. The molecular formula is C31H43N7O5S. The molecule has 0 saturated carbocycles. The number of rotatable bonds is 12. The summed E-state index contributed by atoms with van der Waals surface area (Å²) in [5.41, 5.74) is 7.44. The van der Waals surface area contributed by atoms with E-state index in [1.807, 2.05) is 0 Å². The molecular weight excluding hydrogens is 582 g/mol. The van der Waals surface area contributed by atoms with Crippen molar-refractivity contribution >= 4 is 33.6 Å². The van der Waals surface area contributed by atoms with Crippen LogP contribution in [0.15, 0.2) is 54.6 Å². The maximum atomic E-state index is 13.9. The van der Waals surface area contributed by atoms with Gasteiger partial charge in [-0.2, -0.15) is 0 Å². The van der Waals surface area contributed by atoms with Crippen molar-refractivity contribution in [1.82, 2.24) is 24.7 Å². The minimum Gasteiger partial charge on any atom is -0.384 e. The summed E-state index contributed by atoms with van der Waals surface area (Å²) in [5.74, 6) is -1.63. The van der Waals surface area contributed by atoms with E-state index < -0.39 is 28.0 Å². The fourth-order valence-corrected chi connectivity index (χ4v) is 6.97. The number of amidine groups is 1. The molecule has 2 saturated heterocycles. The Morgan fingerprint density at radius 2 is 1.61 bits per heavy atom. The lowest BCUT2D eigenvalue weighted by Crippen LogP contribution is -2.56. The average Bonchev–Trinajstić information content (AvgIpc) is 3.50. The Labute approximate surface area is 259 Å². The van der Waals surface area contributed by atoms with Crippen LogP contribution in [0.5, 0.6) is 0 Å². The maximum absolute atomic E-state index is 13.9. The van der Waals surface area contributed by atoms with E-state index in [2.05, 4.69) is 28.8 Å². The lowest BCUT2D eigenvalue weighted by atomic mass is 10.1. The Morgan fingerprint density at radius 3 is 2.23 bits per heavy atom. The number of carbonyl (C=O) groups is 3. The Hall–Kier alpha value is -3.81. The number of carbonyl (C=O) groups excluding carboxylic acids is 3. The Balaban J connectivity index is 1.46. The third kappa shape index (κ3) is 8.87. The molecule has 44 heavy (non-hydrogen) atoms. The van der Waals surface area contributed by atoms with Gasteiger partial charge < -0.3 is 20.9 Å². The Kier molecular flexibility index (Phi) is 11.1. The topological polar surface area (TPSA) is 169 Å². The molecule has 2 aromatic carbocycles. The lowest BCUT2D eigenvalue weighted by molar-refractivity contribution is -0.142. The normalized spacial score (nSPS) is 18.3. The Morgan fingerprint density at radius 1 is 0.955 bits per heavy atom. The van der Waals surface area contributed by atoms with Crippen LogP contribution in [0, 0.1) is 5.41 Å². The molecule has 2 aliphatic heterocycles. The first kappa shape index (κ1) is 33.1. The molecule has 2 fully saturated rings. The zero-order chi connectivity index (χ0) is 31.9. The number of nitrogens with one attached hydrogen (secondary N) is 3. The van der Waals surface area contributed by atoms with Crippen LogP contribution < -0.4 is 15.8 Å². The molecule has 5 N–H and O–H groups in total. The van der Waals surface area contributed by atoms with Crippen molar-refractivity contribution in [3.63, 3.8) is 0 Å². The predicted molar refractivity (Wildman–Crippen MR) is 168 cm³/mol. The van der Waals surface area contributed by atoms with E-state index in [0.29, 0.717) is 56.2 Å². The van der Waals surface area contributed by atoms with Crippen molar-refractivity contribution in [2.75, 3.05) is 32.7 Å². The summed E-state index contributed by atoms with van der Waals surface area (Å²) in [7, 11) is -4.00. The Bertz CT molecular complexity index is 1430. The largest absolute Gasteiger partial charge is 0.384 e. The highest BCUT2D eigenvalue weighted by atomic mass is 32.2. The first-order chi connectivity index (χ1) is 20.9. The van der Waals surface area contributed by atoms with Crippen LogP contribution >= 0.6 is 0 Å². The second-order valence-electron chi connectivity index (χ2n) is 11.6. The van der Waals surface area contributed by atoms with E-state index >= 15 is 0 Å². The SMILES string of the molecule is CC(C)N1CCN(C(=O)C[C@@H](NS(=O)(=O)Cc2ccccc2)C(=O)N2CCC[C@H]2C(=O)NCc2ccc(C(=N)N)cc2)CC1. The molecule has 238 valence electrons. The average molecular weight is 626 g/mol. The second-order valence-corrected chi connectivity index (χ2v) is 13.4. The molecule has 3 amide bonds. The molecule has 2 atom stereocenters. The van der Waals surface area contributed by atoms with Gasteiger partial charge in [0.05, 0.1) is 12.2 Å². The summed E-state index contributed by atoms with van der Waals surface area (Å²) in [4.78, 5) is 45.9. The maximum Gasteiger partial charge on any atom is 0.243 e. The first-order valence-corrected chi connectivity index (χ1v) is 16.7. The number of hydrogen-bond acceptors (Lipinski definition) is 7. The number of nitrogen functional groups attached to an aromatic ring is 1. The summed E-state index contributed by atoms with van der Waals surface area (Å²) < 4.78 is 29.0. The summed E-state index contributed by atoms with van der Waals surface area (Å²) >= 11 is 0.